The van der Waals surface area contributed by atoms with Gasteiger partial charge in [0.2, 0.25) is 0 Å². The Morgan fingerprint density at radius 2 is 2.46 bits per heavy atom. The molecule has 13 heavy (non-hydrogen) atoms. The molecule has 0 radical (unpaired) electrons. The number of carbonyl (C=O) groups is 1. The van der Waals surface area contributed by atoms with Crippen LogP contribution in [-0.4, -0.2) is 31.8 Å². The quantitative estimate of drug-likeness (QED) is 0.632. The molecule has 0 aromatic rings. The van der Waals surface area contributed by atoms with Gasteiger partial charge in [-0.15, -0.1) is 0 Å². The van der Waals surface area contributed by atoms with E-state index < -0.39 is 5.54 Å². The summed E-state index contributed by atoms with van der Waals surface area (Å²) in [5.41, 5.74) is 5.66. The predicted molar refractivity (Wildman–Crippen MR) is 48.2 cm³/mol. The standard InChI is InChI=1S/C9H17NO3/c1-7-6-13-4-3-9(7,10)5-8(11)12-2/h7H,3-6,10H2,1-2H3. The van der Waals surface area contributed by atoms with Crippen LogP contribution in [0.1, 0.15) is 19.8 Å². The van der Waals surface area contributed by atoms with Crippen molar-refractivity contribution in [3.05, 3.63) is 0 Å². The van der Waals surface area contributed by atoms with Crippen molar-refractivity contribution in [2.24, 2.45) is 11.7 Å². The van der Waals surface area contributed by atoms with Gasteiger partial charge in [-0.1, -0.05) is 6.92 Å². The lowest BCUT2D eigenvalue weighted by molar-refractivity contribution is -0.143. The van der Waals surface area contributed by atoms with E-state index in [4.69, 9.17) is 10.5 Å². The van der Waals surface area contributed by atoms with Crippen molar-refractivity contribution >= 4 is 5.97 Å². The maximum atomic E-state index is 11.1. The second-order valence-electron chi connectivity index (χ2n) is 3.71. The van der Waals surface area contributed by atoms with Crippen LogP contribution in [0.25, 0.3) is 0 Å². The third-order valence-electron chi connectivity index (χ3n) is 2.76. The molecule has 1 heterocycles. The third-order valence-corrected chi connectivity index (χ3v) is 2.76. The van der Waals surface area contributed by atoms with Gasteiger partial charge in [0.25, 0.3) is 0 Å². The molecule has 1 saturated heterocycles. The Labute approximate surface area is 78.4 Å². The highest BCUT2D eigenvalue weighted by Crippen LogP contribution is 2.27. The number of hydrogen-bond donors (Lipinski definition) is 1. The third kappa shape index (κ3) is 2.42. The molecule has 1 aliphatic heterocycles. The first-order valence-corrected chi connectivity index (χ1v) is 4.52. The minimum atomic E-state index is -0.439. The fraction of sp³-hybridized carbons (Fsp3) is 0.889. The maximum absolute atomic E-state index is 11.1. The largest absolute Gasteiger partial charge is 0.469 e. The van der Waals surface area contributed by atoms with Crippen LogP contribution in [0, 0.1) is 5.92 Å². The van der Waals surface area contributed by atoms with Gasteiger partial charge in [0.05, 0.1) is 20.1 Å². The number of esters is 1. The molecule has 0 aromatic heterocycles. The van der Waals surface area contributed by atoms with Crippen LogP contribution >= 0.6 is 0 Å². The highest BCUT2D eigenvalue weighted by molar-refractivity contribution is 5.70. The van der Waals surface area contributed by atoms with E-state index in [0.29, 0.717) is 13.2 Å². The summed E-state index contributed by atoms with van der Waals surface area (Å²) in [6.45, 7) is 3.27. The van der Waals surface area contributed by atoms with Crippen LogP contribution in [0.5, 0.6) is 0 Å². The van der Waals surface area contributed by atoms with Gasteiger partial charge in [-0.3, -0.25) is 4.79 Å². The maximum Gasteiger partial charge on any atom is 0.307 e. The van der Waals surface area contributed by atoms with Crippen molar-refractivity contribution in [2.45, 2.75) is 25.3 Å². The molecule has 0 amide bonds. The number of carbonyl (C=O) groups excluding carboxylic acids is 1. The van der Waals surface area contributed by atoms with E-state index in [0.717, 1.165) is 6.42 Å². The lowest BCUT2D eigenvalue weighted by Crippen LogP contribution is -2.53. The molecule has 1 rings (SSSR count). The number of nitrogens with two attached hydrogens (primary N) is 1. The molecule has 0 aromatic carbocycles. The van der Waals surface area contributed by atoms with Crippen molar-refractivity contribution < 1.29 is 14.3 Å². The molecule has 2 N–H and O–H groups in total. The summed E-state index contributed by atoms with van der Waals surface area (Å²) >= 11 is 0. The molecule has 0 bridgehead atoms. The van der Waals surface area contributed by atoms with Crippen LogP contribution in [0.4, 0.5) is 0 Å². The Bertz CT molecular complexity index is 195. The minimum Gasteiger partial charge on any atom is -0.469 e. The summed E-state index contributed by atoms with van der Waals surface area (Å²) in [7, 11) is 1.38. The fourth-order valence-electron chi connectivity index (χ4n) is 1.54. The first-order valence-electron chi connectivity index (χ1n) is 4.52. The van der Waals surface area contributed by atoms with Gasteiger partial charge in [-0.2, -0.15) is 0 Å². The zero-order valence-electron chi connectivity index (χ0n) is 8.21. The molecular weight excluding hydrogens is 170 g/mol. The van der Waals surface area contributed by atoms with Crippen molar-refractivity contribution in [1.82, 2.24) is 0 Å². The Hall–Kier alpha value is -0.610. The first-order chi connectivity index (χ1) is 6.08. The number of methoxy groups -OCH3 is 1. The summed E-state index contributed by atoms with van der Waals surface area (Å²) in [6, 6.07) is 0. The van der Waals surface area contributed by atoms with Crippen molar-refractivity contribution in [1.29, 1.82) is 0 Å². The van der Waals surface area contributed by atoms with E-state index in [1.54, 1.807) is 0 Å². The van der Waals surface area contributed by atoms with E-state index >= 15 is 0 Å². The Kier molecular flexibility index (Phi) is 3.27. The zero-order valence-corrected chi connectivity index (χ0v) is 8.21. The van der Waals surface area contributed by atoms with E-state index in [1.807, 2.05) is 6.92 Å². The Morgan fingerprint density at radius 3 is 3.00 bits per heavy atom. The van der Waals surface area contributed by atoms with E-state index in [1.165, 1.54) is 7.11 Å². The molecule has 1 aliphatic rings. The van der Waals surface area contributed by atoms with Gasteiger partial charge in [0.1, 0.15) is 0 Å². The van der Waals surface area contributed by atoms with Crippen LogP contribution in [0.3, 0.4) is 0 Å². The predicted octanol–water partition coefficient (Wildman–Crippen LogP) is 0.303. The zero-order chi connectivity index (χ0) is 9.90. The molecule has 76 valence electrons. The lowest BCUT2D eigenvalue weighted by atomic mass is 9.79. The van der Waals surface area contributed by atoms with Crippen molar-refractivity contribution in [2.75, 3.05) is 20.3 Å². The lowest BCUT2D eigenvalue weighted by Gasteiger charge is -2.38. The van der Waals surface area contributed by atoms with Crippen LogP contribution in [0.2, 0.25) is 0 Å². The average molecular weight is 187 g/mol. The molecule has 2 unspecified atom stereocenters. The average Bonchev–Trinajstić information content (AvgIpc) is 2.10. The van der Waals surface area contributed by atoms with Crippen LogP contribution in [0.15, 0.2) is 0 Å². The fourth-order valence-corrected chi connectivity index (χ4v) is 1.54. The second-order valence-corrected chi connectivity index (χ2v) is 3.71. The molecule has 0 saturated carbocycles. The van der Waals surface area contributed by atoms with Crippen LogP contribution < -0.4 is 5.73 Å². The molecule has 2 atom stereocenters. The number of rotatable bonds is 2. The van der Waals surface area contributed by atoms with Gasteiger partial charge < -0.3 is 15.2 Å². The van der Waals surface area contributed by atoms with E-state index in [9.17, 15) is 4.79 Å². The molecular formula is C9H17NO3. The molecule has 4 heteroatoms. The number of hydrogen-bond acceptors (Lipinski definition) is 4. The van der Waals surface area contributed by atoms with E-state index in [-0.39, 0.29) is 18.3 Å². The second kappa shape index (κ2) is 4.07. The van der Waals surface area contributed by atoms with Crippen molar-refractivity contribution in [3.8, 4) is 0 Å². The highest BCUT2D eigenvalue weighted by atomic mass is 16.5. The normalized spacial score (nSPS) is 34.2. The summed E-state index contributed by atoms with van der Waals surface area (Å²) in [6.07, 6.45) is 1.01. The molecule has 0 aliphatic carbocycles. The summed E-state index contributed by atoms with van der Waals surface area (Å²) in [5.74, 6) is -0.0309. The van der Waals surface area contributed by atoms with E-state index in [2.05, 4.69) is 4.74 Å². The van der Waals surface area contributed by atoms with Gasteiger partial charge >= 0.3 is 5.97 Å². The SMILES string of the molecule is COC(=O)CC1(N)CCOCC1C. The van der Waals surface area contributed by atoms with Gasteiger partial charge in [0.15, 0.2) is 0 Å². The summed E-state index contributed by atoms with van der Waals surface area (Å²) in [5, 5.41) is 0. The highest BCUT2D eigenvalue weighted by Gasteiger charge is 2.37. The summed E-state index contributed by atoms with van der Waals surface area (Å²) < 4.78 is 9.87. The topological polar surface area (TPSA) is 61.5 Å². The van der Waals surface area contributed by atoms with Gasteiger partial charge in [-0.05, 0) is 12.3 Å². The first kappa shape index (κ1) is 10.5. The monoisotopic (exact) mass is 187 g/mol. The molecule has 1 fully saturated rings. The molecule has 4 nitrogen and oxygen atoms in total. The van der Waals surface area contributed by atoms with Gasteiger partial charge in [-0.25, -0.2) is 0 Å². The Balaban J connectivity index is 2.56. The molecule has 0 spiro atoms. The van der Waals surface area contributed by atoms with Crippen LogP contribution in [-0.2, 0) is 14.3 Å². The summed E-state index contributed by atoms with van der Waals surface area (Å²) in [4.78, 5) is 11.1. The van der Waals surface area contributed by atoms with Gasteiger partial charge in [0, 0.05) is 12.1 Å². The Morgan fingerprint density at radius 1 is 1.77 bits per heavy atom. The minimum absolute atomic E-state index is 0.209. The smallest absolute Gasteiger partial charge is 0.307 e. The van der Waals surface area contributed by atoms with Crippen molar-refractivity contribution in [3.63, 3.8) is 0 Å². The number of ether oxygens (including phenoxy) is 2.